The lowest BCUT2D eigenvalue weighted by molar-refractivity contribution is -0.132. The van der Waals surface area contributed by atoms with Gasteiger partial charge in [0.2, 0.25) is 5.82 Å². The van der Waals surface area contributed by atoms with E-state index < -0.39 is 5.97 Å². The number of rotatable bonds is 6. The second kappa shape index (κ2) is 9.26. The molecule has 0 unspecified atom stereocenters. The fourth-order valence-corrected chi connectivity index (χ4v) is 3.72. The van der Waals surface area contributed by atoms with Crippen LogP contribution in [-0.4, -0.2) is 28.5 Å². The second-order valence-corrected chi connectivity index (χ2v) is 7.70. The molecule has 5 aromatic rings. The molecule has 2 heterocycles. The number of para-hydroxylation sites is 2. The Balaban J connectivity index is 1.64. The Bertz CT molecular complexity index is 1620. The standard InChI is InChI=1S/C27H21N3O5/c1-3-33-24-14-18(12-13-23(24)34-17(2)31)16-28-30-26(25-15-19-8-4-7-11-22(19)35-25)29-21-10-6-5-9-20(21)27(30)32/h4-16H,3H2,1-2H3. The highest BCUT2D eigenvalue weighted by molar-refractivity contribution is 5.85. The fraction of sp³-hybridized carbons (Fsp3) is 0.111. The predicted octanol–water partition coefficient (Wildman–Crippen LogP) is 5.02. The second-order valence-electron chi connectivity index (χ2n) is 7.70. The molecule has 0 saturated carbocycles. The van der Waals surface area contributed by atoms with Crippen LogP contribution in [0.25, 0.3) is 33.5 Å². The first-order chi connectivity index (χ1) is 17.0. The predicted molar refractivity (Wildman–Crippen MR) is 133 cm³/mol. The first-order valence-electron chi connectivity index (χ1n) is 11.0. The van der Waals surface area contributed by atoms with Crippen LogP contribution in [0.3, 0.4) is 0 Å². The van der Waals surface area contributed by atoms with E-state index in [2.05, 4.69) is 10.1 Å². The summed E-state index contributed by atoms with van der Waals surface area (Å²) in [6, 6.07) is 21.5. The van der Waals surface area contributed by atoms with E-state index in [-0.39, 0.29) is 11.4 Å². The molecule has 0 atom stereocenters. The van der Waals surface area contributed by atoms with Crippen molar-refractivity contribution in [1.29, 1.82) is 0 Å². The van der Waals surface area contributed by atoms with E-state index in [9.17, 15) is 9.59 Å². The smallest absolute Gasteiger partial charge is 0.308 e. The number of ether oxygens (including phenoxy) is 2. The number of carbonyl (C=O) groups is 1. The zero-order chi connectivity index (χ0) is 24.4. The van der Waals surface area contributed by atoms with E-state index in [0.717, 1.165) is 5.39 Å². The van der Waals surface area contributed by atoms with Gasteiger partial charge in [-0.3, -0.25) is 9.59 Å². The van der Waals surface area contributed by atoms with Crippen molar-refractivity contribution in [2.45, 2.75) is 13.8 Å². The normalized spacial score (nSPS) is 11.4. The highest BCUT2D eigenvalue weighted by Gasteiger charge is 2.16. The molecule has 3 aromatic carbocycles. The Morgan fingerprint density at radius 2 is 1.86 bits per heavy atom. The molecule has 8 heteroatoms. The summed E-state index contributed by atoms with van der Waals surface area (Å²) in [4.78, 5) is 29.5. The van der Waals surface area contributed by atoms with Gasteiger partial charge in [0.15, 0.2) is 17.3 Å². The zero-order valence-electron chi connectivity index (χ0n) is 19.1. The first-order valence-corrected chi connectivity index (χ1v) is 11.0. The maximum atomic E-state index is 13.4. The molecule has 0 aliphatic rings. The number of fused-ring (bicyclic) bond motifs is 2. The van der Waals surface area contributed by atoms with Gasteiger partial charge in [0.1, 0.15) is 5.58 Å². The third kappa shape index (κ3) is 4.41. The summed E-state index contributed by atoms with van der Waals surface area (Å²) in [5.41, 5.74) is 1.54. The Labute approximate surface area is 200 Å². The molecule has 0 radical (unpaired) electrons. The van der Waals surface area contributed by atoms with E-state index in [1.165, 1.54) is 17.8 Å². The summed E-state index contributed by atoms with van der Waals surface area (Å²) >= 11 is 0. The third-order valence-corrected chi connectivity index (χ3v) is 5.24. The van der Waals surface area contributed by atoms with Crippen LogP contribution in [0, 0.1) is 0 Å². The lowest BCUT2D eigenvalue weighted by Gasteiger charge is -2.10. The molecule has 0 fully saturated rings. The van der Waals surface area contributed by atoms with E-state index in [4.69, 9.17) is 13.9 Å². The molecule has 35 heavy (non-hydrogen) atoms. The molecule has 5 rings (SSSR count). The van der Waals surface area contributed by atoms with Crippen LogP contribution in [0.2, 0.25) is 0 Å². The molecule has 0 amide bonds. The maximum absolute atomic E-state index is 13.4. The van der Waals surface area contributed by atoms with Gasteiger partial charge in [0, 0.05) is 12.3 Å². The van der Waals surface area contributed by atoms with Crippen molar-refractivity contribution in [3.8, 4) is 23.1 Å². The van der Waals surface area contributed by atoms with Crippen LogP contribution in [0.5, 0.6) is 11.5 Å². The molecule has 0 aliphatic carbocycles. The van der Waals surface area contributed by atoms with Gasteiger partial charge in [0.05, 0.1) is 23.7 Å². The van der Waals surface area contributed by atoms with Gasteiger partial charge >= 0.3 is 5.97 Å². The van der Waals surface area contributed by atoms with Crippen LogP contribution in [0.15, 0.2) is 87.1 Å². The molecule has 0 aliphatic heterocycles. The van der Waals surface area contributed by atoms with Crippen molar-refractivity contribution in [1.82, 2.24) is 9.66 Å². The monoisotopic (exact) mass is 467 g/mol. The Morgan fingerprint density at radius 1 is 1.06 bits per heavy atom. The van der Waals surface area contributed by atoms with Gasteiger partial charge in [0.25, 0.3) is 5.56 Å². The van der Waals surface area contributed by atoms with Gasteiger partial charge in [-0.2, -0.15) is 9.78 Å². The molecule has 0 bridgehead atoms. The molecule has 2 aromatic heterocycles. The van der Waals surface area contributed by atoms with Gasteiger partial charge in [-0.1, -0.05) is 30.3 Å². The molecule has 0 N–H and O–H groups in total. The number of nitrogens with zero attached hydrogens (tertiary/aromatic N) is 3. The Kier molecular flexibility index (Phi) is 5.85. The van der Waals surface area contributed by atoms with E-state index >= 15 is 0 Å². The van der Waals surface area contributed by atoms with Crippen molar-refractivity contribution in [3.63, 3.8) is 0 Å². The summed E-state index contributed by atoms with van der Waals surface area (Å²) in [7, 11) is 0. The minimum atomic E-state index is -0.448. The van der Waals surface area contributed by atoms with E-state index in [1.807, 2.05) is 43.3 Å². The van der Waals surface area contributed by atoms with E-state index in [1.54, 1.807) is 36.4 Å². The number of aromatic nitrogens is 2. The van der Waals surface area contributed by atoms with Crippen molar-refractivity contribution in [3.05, 3.63) is 88.7 Å². The molecule has 0 spiro atoms. The number of esters is 1. The Hall–Kier alpha value is -4.72. The topological polar surface area (TPSA) is 95.9 Å². The van der Waals surface area contributed by atoms with Crippen LogP contribution >= 0.6 is 0 Å². The van der Waals surface area contributed by atoms with Gasteiger partial charge in [-0.25, -0.2) is 4.98 Å². The average Bonchev–Trinajstić information content (AvgIpc) is 3.29. The quantitative estimate of drug-likeness (QED) is 0.198. The summed E-state index contributed by atoms with van der Waals surface area (Å²) < 4.78 is 18.0. The van der Waals surface area contributed by atoms with Crippen LogP contribution in [0.4, 0.5) is 0 Å². The summed E-state index contributed by atoms with van der Waals surface area (Å²) in [6.07, 6.45) is 1.52. The van der Waals surface area contributed by atoms with Crippen LogP contribution in [-0.2, 0) is 4.79 Å². The summed E-state index contributed by atoms with van der Waals surface area (Å²) in [6.45, 7) is 3.54. The van der Waals surface area contributed by atoms with Crippen LogP contribution in [0.1, 0.15) is 19.4 Å². The van der Waals surface area contributed by atoms with Gasteiger partial charge in [-0.05, 0) is 55.0 Å². The molecular formula is C27H21N3O5. The lowest BCUT2D eigenvalue weighted by atomic mass is 10.2. The number of furan rings is 1. The number of benzene rings is 3. The third-order valence-electron chi connectivity index (χ3n) is 5.24. The summed E-state index contributed by atoms with van der Waals surface area (Å²) in [5, 5.41) is 5.78. The molecule has 174 valence electrons. The fourth-order valence-electron chi connectivity index (χ4n) is 3.72. The van der Waals surface area contributed by atoms with Gasteiger partial charge < -0.3 is 13.9 Å². The lowest BCUT2D eigenvalue weighted by Crippen LogP contribution is -2.20. The zero-order valence-corrected chi connectivity index (χ0v) is 19.1. The largest absolute Gasteiger partial charge is 0.490 e. The van der Waals surface area contributed by atoms with Crippen molar-refractivity contribution in [2.24, 2.45) is 5.10 Å². The average molecular weight is 467 g/mol. The maximum Gasteiger partial charge on any atom is 0.308 e. The Morgan fingerprint density at radius 3 is 2.66 bits per heavy atom. The van der Waals surface area contributed by atoms with Crippen molar-refractivity contribution >= 4 is 34.1 Å². The van der Waals surface area contributed by atoms with Crippen molar-refractivity contribution < 1.29 is 18.7 Å². The minimum Gasteiger partial charge on any atom is -0.490 e. The molecule has 8 nitrogen and oxygen atoms in total. The number of carbonyl (C=O) groups excluding carboxylic acids is 1. The van der Waals surface area contributed by atoms with Crippen LogP contribution < -0.4 is 15.0 Å². The number of hydrogen-bond donors (Lipinski definition) is 0. The summed E-state index contributed by atoms with van der Waals surface area (Å²) in [5.74, 6) is 0.961. The SMILES string of the molecule is CCOc1cc(C=Nn2c(-c3cc4ccccc4o3)nc3ccccc3c2=O)ccc1OC(C)=O. The minimum absolute atomic E-state index is 0.280. The van der Waals surface area contributed by atoms with Gasteiger partial charge in [-0.15, -0.1) is 0 Å². The highest BCUT2D eigenvalue weighted by atomic mass is 16.6. The van der Waals surface area contributed by atoms with E-state index in [0.29, 0.717) is 45.9 Å². The van der Waals surface area contributed by atoms with Crippen molar-refractivity contribution in [2.75, 3.05) is 6.61 Å². The first kappa shape index (κ1) is 22.1. The number of hydrogen-bond acceptors (Lipinski definition) is 7. The molecular weight excluding hydrogens is 446 g/mol. The molecule has 0 saturated heterocycles. The highest BCUT2D eigenvalue weighted by Crippen LogP contribution is 2.29.